The molecule has 0 saturated carbocycles. The lowest BCUT2D eigenvalue weighted by Gasteiger charge is -2.29. The number of carbonyl (C=O) groups is 1. The summed E-state index contributed by atoms with van der Waals surface area (Å²) in [4.78, 5) is 23.3. The van der Waals surface area contributed by atoms with Crippen molar-refractivity contribution in [3.8, 4) is 5.69 Å². The number of ether oxygens (including phenoxy) is 1. The van der Waals surface area contributed by atoms with Crippen molar-refractivity contribution >= 4 is 34.4 Å². The predicted molar refractivity (Wildman–Crippen MR) is 128 cm³/mol. The van der Waals surface area contributed by atoms with E-state index in [9.17, 15) is 4.79 Å². The van der Waals surface area contributed by atoms with Gasteiger partial charge < -0.3 is 20.4 Å². The molecule has 4 aromatic rings. The minimum absolute atomic E-state index is 0.0821. The van der Waals surface area contributed by atoms with Crippen molar-refractivity contribution in [2.75, 3.05) is 36.9 Å². The Hall–Kier alpha value is -3.91. The van der Waals surface area contributed by atoms with Crippen LogP contribution in [0.2, 0.25) is 0 Å². The Labute approximate surface area is 190 Å². The number of nitrogens with two attached hydrogens (primary N) is 1. The molecule has 1 aliphatic carbocycles. The Bertz CT molecular complexity index is 1420. The summed E-state index contributed by atoms with van der Waals surface area (Å²) in [5.41, 5.74) is 13.5. The molecule has 0 unspecified atom stereocenters. The molecule has 0 bridgehead atoms. The zero-order chi connectivity index (χ0) is 22.5. The maximum absolute atomic E-state index is 13.3. The number of ketones is 1. The van der Waals surface area contributed by atoms with E-state index in [0.717, 1.165) is 65.5 Å². The normalized spacial score (nSPS) is 15.7. The van der Waals surface area contributed by atoms with Crippen LogP contribution in [-0.2, 0) is 11.2 Å². The smallest absolute Gasteiger partial charge is 0.194 e. The van der Waals surface area contributed by atoms with E-state index in [1.165, 1.54) is 5.69 Å². The molecular weight excluding hydrogens is 416 g/mol. The van der Waals surface area contributed by atoms with Gasteiger partial charge in [-0.2, -0.15) is 5.10 Å². The number of allylic oxidation sites excluding steroid dienone is 1. The van der Waals surface area contributed by atoms with Crippen molar-refractivity contribution in [2.24, 2.45) is 0 Å². The lowest BCUT2D eigenvalue weighted by molar-refractivity contribution is 0.103. The van der Waals surface area contributed by atoms with E-state index in [0.29, 0.717) is 17.8 Å². The summed E-state index contributed by atoms with van der Waals surface area (Å²) in [5.74, 6) is 1.10. The molecule has 0 atom stereocenters. The van der Waals surface area contributed by atoms with Gasteiger partial charge in [-0.05, 0) is 54.5 Å². The van der Waals surface area contributed by atoms with Gasteiger partial charge in [0.15, 0.2) is 5.78 Å². The largest absolute Gasteiger partial charge is 0.383 e. The SMILES string of the molecule is Cc1nc2ccc(-n3ncc(C(=O)C4=Cc5ccc(N6CCOCC6)cc5C4)c3N)cc2[nH]1. The maximum atomic E-state index is 13.3. The fraction of sp³-hybridized carbons (Fsp3) is 0.240. The van der Waals surface area contributed by atoms with Gasteiger partial charge in [0.2, 0.25) is 0 Å². The number of benzene rings is 2. The monoisotopic (exact) mass is 440 g/mol. The topological polar surface area (TPSA) is 102 Å². The van der Waals surface area contributed by atoms with Gasteiger partial charge in [-0.3, -0.25) is 4.79 Å². The summed E-state index contributed by atoms with van der Waals surface area (Å²) >= 11 is 0. The van der Waals surface area contributed by atoms with Crippen molar-refractivity contribution in [1.82, 2.24) is 19.7 Å². The quantitative estimate of drug-likeness (QED) is 0.472. The lowest BCUT2D eigenvalue weighted by Crippen LogP contribution is -2.36. The van der Waals surface area contributed by atoms with Gasteiger partial charge in [0.05, 0.1) is 41.7 Å². The van der Waals surface area contributed by atoms with Gasteiger partial charge in [-0.15, -0.1) is 0 Å². The summed E-state index contributed by atoms with van der Waals surface area (Å²) in [6.45, 7) is 5.18. The van der Waals surface area contributed by atoms with Crippen LogP contribution in [0.1, 0.15) is 27.3 Å². The molecule has 3 heterocycles. The Morgan fingerprint density at radius 3 is 2.79 bits per heavy atom. The highest BCUT2D eigenvalue weighted by atomic mass is 16.5. The van der Waals surface area contributed by atoms with E-state index in [1.807, 2.05) is 31.2 Å². The van der Waals surface area contributed by atoms with Gasteiger partial charge in [-0.25, -0.2) is 9.67 Å². The average molecular weight is 441 g/mol. The van der Waals surface area contributed by atoms with E-state index in [1.54, 1.807) is 10.9 Å². The Morgan fingerprint density at radius 2 is 1.94 bits per heavy atom. The number of hydrogen-bond acceptors (Lipinski definition) is 6. The molecule has 0 radical (unpaired) electrons. The van der Waals surface area contributed by atoms with E-state index < -0.39 is 0 Å². The van der Waals surface area contributed by atoms with Crippen LogP contribution in [0, 0.1) is 6.92 Å². The third-order valence-corrected chi connectivity index (χ3v) is 6.38. The number of imidazole rings is 1. The minimum atomic E-state index is -0.0821. The van der Waals surface area contributed by atoms with E-state index >= 15 is 0 Å². The van der Waals surface area contributed by atoms with Crippen molar-refractivity contribution < 1.29 is 9.53 Å². The Morgan fingerprint density at radius 1 is 1.12 bits per heavy atom. The minimum Gasteiger partial charge on any atom is -0.383 e. The van der Waals surface area contributed by atoms with Gasteiger partial charge in [0.1, 0.15) is 11.6 Å². The van der Waals surface area contributed by atoms with Crippen molar-refractivity contribution in [3.05, 3.63) is 70.7 Å². The summed E-state index contributed by atoms with van der Waals surface area (Å²) < 4.78 is 7.06. The molecule has 2 aromatic heterocycles. The van der Waals surface area contributed by atoms with Crippen LogP contribution >= 0.6 is 0 Å². The Balaban J connectivity index is 1.25. The number of morpholine rings is 1. The molecule has 0 spiro atoms. The number of aromatic nitrogens is 4. The van der Waals surface area contributed by atoms with Gasteiger partial charge in [0, 0.05) is 30.8 Å². The second kappa shape index (κ2) is 7.60. The molecule has 3 N–H and O–H groups in total. The summed E-state index contributed by atoms with van der Waals surface area (Å²) in [7, 11) is 0. The number of fused-ring (bicyclic) bond motifs is 2. The van der Waals surface area contributed by atoms with Gasteiger partial charge in [-0.1, -0.05) is 6.07 Å². The van der Waals surface area contributed by atoms with Crippen LogP contribution in [-0.4, -0.2) is 51.8 Å². The first-order valence-corrected chi connectivity index (χ1v) is 11.1. The highest BCUT2D eigenvalue weighted by molar-refractivity contribution is 6.15. The number of H-pyrrole nitrogens is 1. The average Bonchev–Trinajstić information content (AvgIpc) is 3.53. The third-order valence-electron chi connectivity index (χ3n) is 6.38. The maximum Gasteiger partial charge on any atom is 0.194 e. The number of rotatable bonds is 4. The first kappa shape index (κ1) is 19.8. The number of carbonyl (C=O) groups excluding carboxylic acids is 1. The summed E-state index contributed by atoms with van der Waals surface area (Å²) in [6, 6.07) is 12.1. The first-order chi connectivity index (χ1) is 16.1. The molecule has 1 fully saturated rings. The standard InChI is InChI=1S/C25H24N6O2/c1-15-28-22-5-4-20(13-23(22)29-15)31-25(26)21(14-27-31)24(32)18-10-16-2-3-19(12-17(16)11-18)30-6-8-33-9-7-30/h2-5,10,12-14H,6-9,11,26H2,1H3,(H,28,29). The summed E-state index contributed by atoms with van der Waals surface area (Å²) in [6.07, 6.45) is 4.12. The van der Waals surface area contributed by atoms with E-state index in [4.69, 9.17) is 10.5 Å². The molecule has 33 heavy (non-hydrogen) atoms. The fourth-order valence-electron chi connectivity index (χ4n) is 4.66. The first-order valence-electron chi connectivity index (χ1n) is 11.1. The highest BCUT2D eigenvalue weighted by Crippen LogP contribution is 2.32. The summed E-state index contributed by atoms with van der Waals surface area (Å²) in [5, 5.41) is 4.41. The number of aryl methyl sites for hydroxylation is 1. The second-order valence-electron chi connectivity index (χ2n) is 8.54. The van der Waals surface area contributed by atoms with Crippen LogP contribution in [0.25, 0.3) is 22.8 Å². The lowest BCUT2D eigenvalue weighted by atomic mass is 10.0. The van der Waals surface area contributed by atoms with Crippen molar-refractivity contribution in [1.29, 1.82) is 0 Å². The number of Topliss-reactive ketones (excluding diaryl/α,β-unsaturated/α-hetero) is 1. The molecule has 2 aromatic carbocycles. The van der Waals surface area contributed by atoms with Crippen LogP contribution in [0.15, 0.2) is 48.2 Å². The van der Waals surface area contributed by atoms with Crippen LogP contribution < -0.4 is 10.6 Å². The molecule has 2 aliphatic rings. The fourth-order valence-corrected chi connectivity index (χ4v) is 4.66. The number of anilines is 2. The third kappa shape index (κ3) is 3.39. The highest BCUT2D eigenvalue weighted by Gasteiger charge is 2.25. The molecule has 0 amide bonds. The zero-order valence-electron chi connectivity index (χ0n) is 18.3. The predicted octanol–water partition coefficient (Wildman–Crippen LogP) is 3.30. The molecule has 8 nitrogen and oxygen atoms in total. The Kier molecular flexibility index (Phi) is 4.55. The van der Waals surface area contributed by atoms with Crippen LogP contribution in [0.4, 0.5) is 11.5 Å². The van der Waals surface area contributed by atoms with Gasteiger partial charge in [0.25, 0.3) is 0 Å². The van der Waals surface area contributed by atoms with E-state index in [2.05, 4.69) is 38.2 Å². The van der Waals surface area contributed by atoms with Crippen molar-refractivity contribution in [3.63, 3.8) is 0 Å². The number of hydrogen-bond donors (Lipinski definition) is 2. The van der Waals surface area contributed by atoms with Gasteiger partial charge >= 0.3 is 0 Å². The molecule has 8 heteroatoms. The molecule has 166 valence electrons. The molecule has 1 aliphatic heterocycles. The van der Waals surface area contributed by atoms with E-state index in [-0.39, 0.29) is 5.78 Å². The number of aromatic amines is 1. The van der Waals surface area contributed by atoms with Crippen LogP contribution in [0.3, 0.4) is 0 Å². The number of nitrogens with zero attached hydrogens (tertiary/aromatic N) is 4. The molecule has 6 rings (SSSR count). The second-order valence-corrected chi connectivity index (χ2v) is 8.54. The number of nitrogens with one attached hydrogen (secondary N) is 1. The molecular formula is C25H24N6O2. The molecule has 1 saturated heterocycles. The van der Waals surface area contributed by atoms with Crippen LogP contribution in [0.5, 0.6) is 0 Å². The zero-order valence-corrected chi connectivity index (χ0v) is 18.3. The van der Waals surface area contributed by atoms with Crippen molar-refractivity contribution in [2.45, 2.75) is 13.3 Å². The number of nitrogen functional groups attached to an aromatic ring is 1.